The second kappa shape index (κ2) is 8.05. The van der Waals surface area contributed by atoms with Crippen LogP contribution in [0.1, 0.15) is 93.4 Å². The molecule has 5 rings (SSSR count). The molecule has 0 radical (unpaired) electrons. The Balaban J connectivity index is 1.69. The second-order valence-corrected chi connectivity index (χ2v) is 15.2. The molecular weight excluding hydrogens is 468 g/mol. The number of esters is 1. The van der Waals surface area contributed by atoms with E-state index in [9.17, 15) is 25.2 Å². The third-order valence-electron chi connectivity index (χ3n) is 13.5. The van der Waals surface area contributed by atoms with Crippen molar-refractivity contribution in [3.8, 4) is 0 Å². The molecule has 4 saturated carbocycles. The topological polar surface area (TPSA) is 107 Å². The summed E-state index contributed by atoms with van der Waals surface area (Å²) in [6.07, 6.45) is 4.79. The number of ether oxygens (including phenoxy) is 1. The third-order valence-corrected chi connectivity index (χ3v) is 13.5. The van der Waals surface area contributed by atoms with E-state index in [0.29, 0.717) is 19.3 Å². The summed E-state index contributed by atoms with van der Waals surface area (Å²) >= 11 is 0. The van der Waals surface area contributed by atoms with Crippen LogP contribution in [0, 0.1) is 50.7 Å². The molecule has 0 aliphatic heterocycles. The molecule has 5 aliphatic rings. The normalized spacial score (nSPS) is 56.6. The van der Waals surface area contributed by atoms with E-state index in [4.69, 9.17) is 4.74 Å². The highest BCUT2D eigenvalue weighted by Gasteiger charge is 2.73. The van der Waals surface area contributed by atoms with Gasteiger partial charge in [-0.1, -0.05) is 53.2 Å². The summed E-state index contributed by atoms with van der Waals surface area (Å²) in [5.41, 5.74) is -2.29. The SMILES string of the molecule is COC(=O)C12CCC(C)C(C)(O)C1C1=CC(O)C3C(C)(CCC4C(C)(C)C(O)C(O)C[C@@]43C)C1(C)CC2. The van der Waals surface area contributed by atoms with Crippen LogP contribution in [0.2, 0.25) is 0 Å². The predicted octanol–water partition coefficient (Wildman–Crippen LogP) is 4.23. The number of aliphatic hydroxyl groups excluding tert-OH is 3. The van der Waals surface area contributed by atoms with E-state index in [0.717, 1.165) is 31.3 Å². The van der Waals surface area contributed by atoms with Crippen molar-refractivity contribution in [3.05, 3.63) is 11.6 Å². The minimum absolute atomic E-state index is 0.0187. The lowest BCUT2D eigenvalue weighted by Crippen LogP contribution is -2.71. The van der Waals surface area contributed by atoms with Crippen LogP contribution in [0.25, 0.3) is 0 Å². The molecule has 0 spiro atoms. The molecule has 37 heavy (non-hydrogen) atoms. The van der Waals surface area contributed by atoms with Crippen LogP contribution in [0.4, 0.5) is 0 Å². The van der Waals surface area contributed by atoms with Crippen molar-refractivity contribution in [3.63, 3.8) is 0 Å². The van der Waals surface area contributed by atoms with Gasteiger partial charge in [-0.3, -0.25) is 4.79 Å². The average Bonchev–Trinajstić information content (AvgIpc) is 2.80. The standard InChI is InChI=1S/C31H50O6/c1-17-9-12-31(25(35)37-8)14-13-28(5)18(22(31)30(17,7)36)15-19(32)23-27(4)16-20(33)24(34)26(2,3)21(27)10-11-29(23,28)6/h15,17,19-24,32-34,36H,9-14,16H2,1-8H3/t17?,19?,20?,21?,22?,23?,24?,27-,28?,29?,30?,31?/m0/s1. The molecule has 0 bridgehead atoms. The number of hydrogen-bond donors (Lipinski definition) is 4. The quantitative estimate of drug-likeness (QED) is 0.306. The monoisotopic (exact) mass is 518 g/mol. The predicted molar refractivity (Wildman–Crippen MR) is 141 cm³/mol. The lowest BCUT2D eigenvalue weighted by atomic mass is 9.32. The summed E-state index contributed by atoms with van der Waals surface area (Å²) < 4.78 is 5.39. The van der Waals surface area contributed by atoms with Gasteiger partial charge in [-0.05, 0) is 85.4 Å². The Kier molecular flexibility index (Phi) is 6.01. The van der Waals surface area contributed by atoms with Crippen LogP contribution in [-0.2, 0) is 9.53 Å². The van der Waals surface area contributed by atoms with Crippen molar-refractivity contribution in [1.82, 2.24) is 0 Å². The molecule has 5 aliphatic carbocycles. The maximum Gasteiger partial charge on any atom is 0.312 e. The zero-order valence-electron chi connectivity index (χ0n) is 24.2. The first-order valence-electron chi connectivity index (χ1n) is 14.5. The Morgan fingerprint density at radius 1 is 0.973 bits per heavy atom. The van der Waals surface area contributed by atoms with Gasteiger partial charge in [0, 0.05) is 11.8 Å². The molecule has 0 aromatic rings. The Morgan fingerprint density at radius 2 is 1.62 bits per heavy atom. The second-order valence-electron chi connectivity index (χ2n) is 15.2. The van der Waals surface area contributed by atoms with E-state index in [2.05, 4.69) is 41.5 Å². The summed E-state index contributed by atoms with van der Waals surface area (Å²) in [5, 5.41) is 46.0. The number of carbonyl (C=O) groups is 1. The largest absolute Gasteiger partial charge is 0.469 e. The highest BCUT2D eigenvalue weighted by atomic mass is 16.5. The fourth-order valence-electron chi connectivity index (χ4n) is 11.3. The van der Waals surface area contributed by atoms with Crippen molar-refractivity contribution in [2.24, 2.45) is 50.7 Å². The molecule has 0 saturated heterocycles. The molecule has 4 fully saturated rings. The van der Waals surface area contributed by atoms with Crippen LogP contribution in [0.15, 0.2) is 11.6 Å². The number of rotatable bonds is 1. The van der Waals surface area contributed by atoms with E-state index in [1.165, 1.54) is 7.11 Å². The van der Waals surface area contributed by atoms with Gasteiger partial charge in [0.05, 0.1) is 36.4 Å². The average molecular weight is 519 g/mol. The Hall–Kier alpha value is -0.950. The summed E-state index contributed by atoms with van der Waals surface area (Å²) in [5.74, 6) is -0.574. The minimum Gasteiger partial charge on any atom is -0.469 e. The van der Waals surface area contributed by atoms with E-state index in [1.807, 2.05) is 13.0 Å². The Morgan fingerprint density at radius 3 is 2.24 bits per heavy atom. The summed E-state index contributed by atoms with van der Waals surface area (Å²) in [6, 6.07) is 0. The molecule has 0 aromatic carbocycles. The van der Waals surface area contributed by atoms with Gasteiger partial charge >= 0.3 is 5.97 Å². The van der Waals surface area contributed by atoms with Crippen LogP contribution < -0.4 is 0 Å². The van der Waals surface area contributed by atoms with Gasteiger partial charge in [0.2, 0.25) is 0 Å². The molecule has 210 valence electrons. The lowest BCUT2D eigenvalue weighted by molar-refractivity contribution is -0.252. The van der Waals surface area contributed by atoms with Crippen molar-refractivity contribution in [2.75, 3.05) is 7.11 Å². The maximum absolute atomic E-state index is 13.4. The Labute approximate surface area is 222 Å². The first kappa shape index (κ1) is 27.6. The van der Waals surface area contributed by atoms with Crippen molar-refractivity contribution >= 4 is 5.97 Å². The molecule has 6 nitrogen and oxygen atoms in total. The highest BCUT2D eigenvalue weighted by Crippen LogP contribution is 2.76. The van der Waals surface area contributed by atoms with Gasteiger partial charge < -0.3 is 25.2 Å². The van der Waals surface area contributed by atoms with Crippen LogP contribution in [-0.4, -0.2) is 57.4 Å². The zero-order chi connectivity index (χ0) is 27.6. The molecule has 4 N–H and O–H groups in total. The van der Waals surface area contributed by atoms with Crippen molar-refractivity contribution in [2.45, 2.75) is 117 Å². The van der Waals surface area contributed by atoms with Crippen molar-refractivity contribution in [1.29, 1.82) is 0 Å². The zero-order valence-corrected chi connectivity index (χ0v) is 24.2. The van der Waals surface area contributed by atoms with Crippen molar-refractivity contribution < 1.29 is 30.0 Å². The summed E-state index contributed by atoms with van der Waals surface area (Å²) in [6.45, 7) is 14.9. The van der Waals surface area contributed by atoms with Gasteiger partial charge in [-0.25, -0.2) is 0 Å². The molecule has 0 heterocycles. The van der Waals surface area contributed by atoms with Gasteiger partial charge in [0.1, 0.15) is 0 Å². The summed E-state index contributed by atoms with van der Waals surface area (Å²) in [4.78, 5) is 13.4. The maximum atomic E-state index is 13.4. The van der Waals surface area contributed by atoms with E-state index in [1.54, 1.807) is 0 Å². The number of aliphatic hydroxyl groups is 4. The molecular formula is C31H50O6. The third kappa shape index (κ3) is 3.16. The van der Waals surface area contributed by atoms with E-state index in [-0.39, 0.29) is 40.0 Å². The van der Waals surface area contributed by atoms with Gasteiger partial charge in [-0.15, -0.1) is 0 Å². The number of hydrogen-bond acceptors (Lipinski definition) is 6. The molecule has 0 aromatic heterocycles. The number of methoxy groups -OCH3 is 1. The Bertz CT molecular complexity index is 1000. The highest BCUT2D eigenvalue weighted by molar-refractivity contribution is 5.79. The smallest absolute Gasteiger partial charge is 0.312 e. The molecule has 11 unspecified atom stereocenters. The first-order valence-corrected chi connectivity index (χ1v) is 14.5. The van der Waals surface area contributed by atoms with E-state index >= 15 is 0 Å². The summed E-state index contributed by atoms with van der Waals surface area (Å²) in [7, 11) is 1.45. The molecule has 0 amide bonds. The van der Waals surface area contributed by atoms with E-state index < -0.39 is 40.7 Å². The number of carbonyl (C=O) groups excluding carboxylic acids is 1. The first-order chi connectivity index (χ1) is 16.9. The fourth-order valence-corrected chi connectivity index (χ4v) is 11.3. The van der Waals surface area contributed by atoms with Gasteiger partial charge in [0.15, 0.2) is 0 Å². The lowest BCUT2D eigenvalue weighted by Gasteiger charge is -2.72. The molecule has 6 heteroatoms. The minimum atomic E-state index is -1.10. The number of fused-ring (bicyclic) bond motifs is 7. The van der Waals surface area contributed by atoms with Crippen LogP contribution >= 0.6 is 0 Å². The molecule has 12 atom stereocenters. The van der Waals surface area contributed by atoms with Gasteiger partial charge in [-0.2, -0.15) is 0 Å². The fraction of sp³-hybridized carbons (Fsp3) is 0.903. The van der Waals surface area contributed by atoms with Crippen LogP contribution in [0.3, 0.4) is 0 Å². The van der Waals surface area contributed by atoms with Gasteiger partial charge in [0.25, 0.3) is 0 Å². The van der Waals surface area contributed by atoms with Crippen LogP contribution in [0.5, 0.6) is 0 Å².